The molecule has 2 nitrogen and oxygen atoms in total. The van der Waals surface area contributed by atoms with Crippen LogP contribution in [0.4, 0.5) is 0 Å². The average molecular weight is 293 g/mol. The molecule has 0 aromatic heterocycles. The molecule has 0 saturated carbocycles. The van der Waals surface area contributed by atoms with Crippen molar-refractivity contribution in [2.24, 2.45) is 0 Å². The Morgan fingerprint density at radius 2 is 1.73 bits per heavy atom. The number of hydrogen-bond donors (Lipinski definition) is 0. The lowest BCUT2D eigenvalue weighted by Gasteiger charge is -2.37. The van der Waals surface area contributed by atoms with Crippen LogP contribution in [0.1, 0.15) is 41.4 Å². The molecular weight excluding hydrogens is 270 g/mol. The van der Waals surface area contributed by atoms with Crippen molar-refractivity contribution >= 4 is 0 Å². The molecule has 1 fully saturated rings. The molecule has 0 radical (unpaired) electrons. The van der Waals surface area contributed by atoms with E-state index in [1.807, 2.05) is 0 Å². The number of nitrogens with zero attached hydrogens (tertiary/aromatic N) is 1. The van der Waals surface area contributed by atoms with Gasteiger partial charge in [0.2, 0.25) is 0 Å². The van der Waals surface area contributed by atoms with Gasteiger partial charge < -0.3 is 9.64 Å². The molecule has 1 aliphatic heterocycles. The van der Waals surface area contributed by atoms with E-state index in [1.54, 1.807) is 12.7 Å². The van der Waals surface area contributed by atoms with Crippen molar-refractivity contribution in [1.29, 1.82) is 0 Å². The fraction of sp³-hybridized carbons (Fsp3) is 0.400. The minimum absolute atomic E-state index is 0.504. The summed E-state index contributed by atoms with van der Waals surface area (Å²) in [5.74, 6) is 2.16. The second-order valence-corrected chi connectivity index (χ2v) is 6.63. The van der Waals surface area contributed by atoms with Crippen LogP contribution < -0.4 is 4.74 Å². The Labute approximate surface area is 132 Å². The van der Waals surface area contributed by atoms with Crippen molar-refractivity contribution in [3.05, 3.63) is 65.2 Å². The standard InChI is InChI=1S/C20H23NO/c1-21-12-11-18-16-5-3-4-6-17(16)19(13-20(18)21)14-7-9-15(22-2)10-8-14/h3-10,18-20H,11-13H2,1-2H3/t18-,19+,20+/m1/s1. The normalized spacial score (nSPS) is 27.3. The predicted octanol–water partition coefficient (Wildman–Crippen LogP) is 4.02. The number of benzene rings is 2. The first kappa shape index (κ1) is 13.8. The summed E-state index contributed by atoms with van der Waals surface area (Å²) in [5.41, 5.74) is 4.51. The highest BCUT2D eigenvalue weighted by Crippen LogP contribution is 2.47. The van der Waals surface area contributed by atoms with Gasteiger partial charge in [0.05, 0.1) is 7.11 Å². The first-order valence-electron chi connectivity index (χ1n) is 8.21. The zero-order valence-electron chi connectivity index (χ0n) is 13.3. The van der Waals surface area contributed by atoms with E-state index in [0.29, 0.717) is 12.0 Å². The van der Waals surface area contributed by atoms with Gasteiger partial charge in [0, 0.05) is 17.9 Å². The number of likely N-dealkylation sites (tertiary alicyclic amines) is 1. The summed E-state index contributed by atoms with van der Waals surface area (Å²) in [5, 5.41) is 0. The number of rotatable bonds is 2. The monoisotopic (exact) mass is 293 g/mol. The summed E-state index contributed by atoms with van der Waals surface area (Å²) in [6, 6.07) is 18.4. The van der Waals surface area contributed by atoms with Crippen LogP contribution in [0.15, 0.2) is 48.5 Å². The highest BCUT2D eigenvalue weighted by atomic mass is 16.5. The lowest BCUT2D eigenvalue weighted by atomic mass is 9.71. The molecule has 2 heteroatoms. The van der Waals surface area contributed by atoms with E-state index < -0.39 is 0 Å². The van der Waals surface area contributed by atoms with Gasteiger partial charge >= 0.3 is 0 Å². The summed E-state index contributed by atoms with van der Waals surface area (Å²) in [4.78, 5) is 2.55. The first-order valence-corrected chi connectivity index (χ1v) is 8.21. The largest absolute Gasteiger partial charge is 0.497 e. The van der Waals surface area contributed by atoms with Crippen LogP contribution in [-0.2, 0) is 0 Å². The van der Waals surface area contributed by atoms with Crippen molar-refractivity contribution in [2.45, 2.75) is 30.7 Å². The van der Waals surface area contributed by atoms with E-state index in [2.05, 4.69) is 60.5 Å². The molecule has 0 amide bonds. The summed E-state index contributed by atoms with van der Waals surface area (Å²) < 4.78 is 5.30. The molecule has 3 atom stereocenters. The van der Waals surface area contributed by atoms with E-state index in [1.165, 1.54) is 30.5 Å². The Kier molecular flexibility index (Phi) is 3.42. The lowest BCUT2D eigenvalue weighted by Crippen LogP contribution is -2.34. The van der Waals surface area contributed by atoms with Crippen LogP contribution >= 0.6 is 0 Å². The van der Waals surface area contributed by atoms with Crippen LogP contribution in [0.5, 0.6) is 5.75 Å². The molecule has 0 spiro atoms. The predicted molar refractivity (Wildman–Crippen MR) is 89.7 cm³/mol. The molecule has 4 rings (SSSR count). The van der Waals surface area contributed by atoms with Crippen molar-refractivity contribution in [1.82, 2.24) is 4.90 Å². The second kappa shape index (κ2) is 5.44. The van der Waals surface area contributed by atoms with Crippen LogP contribution in [0.3, 0.4) is 0 Å². The second-order valence-electron chi connectivity index (χ2n) is 6.63. The molecule has 2 aromatic rings. The molecular formula is C20H23NO. The summed E-state index contributed by atoms with van der Waals surface area (Å²) in [6.07, 6.45) is 2.53. The smallest absolute Gasteiger partial charge is 0.118 e. The van der Waals surface area contributed by atoms with Crippen molar-refractivity contribution in [2.75, 3.05) is 20.7 Å². The van der Waals surface area contributed by atoms with Gasteiger partial charge in [-0.25, -0.2) is 0 Å². The van der Waals surface area contributed by atoms with Crippen LogP contribution in [-0.4, -0.2) is 31.6 Å². The third-order valence-electron chi connectivity index (χ3n) is 5.59. The van der Waals surface area contributed by atoms with Crippen LogP contribution in [0.2, 0.25) is 0 Å². The van der Waals surface area contributed by atoms with Gasteiger partial charge in [-0.1, -0.05) is 36.4 Å². The van der Waals surface area contributed by atoms with Gasteiger partial charge in [-0.2, -0.15) is 0 Å². The Bertz CT molecular complexity index is 664. The topological polar surface area (TPSA) is 12.5 Å². The van der Waals surface area contributed by atoms with Gasteiger partial charge in [-0.15, -0.1) is 0 Å². The van der Waals surface area contributed by atoms with Gasteiger partial charge in [0.15, 0.2) is 0 Å². The Morgan fingerprint density at radius 3 is 2.45 bits per heavy atom. The van der Waals surface area contributed by atoms with Crippen LogP contribution in [0, 0.1) is 0 Å². The Balaban J connectivity index is 1.77. The van der Waals surface area contributed by atoms with Crippen molar-refractivity contribution in [3.63, 3.8) is 0 Å². The minimum atomic E-state index is 0.504. The number of likely N-dealkylation sites (N-methyl/N-ethyl adjacent to an activating group) is 1. The molecule has 114 valence electrons. The molecule has 1 heterocycles. The first-order chi connectivity index (χ1) is 10.8. The highest BCUT2D eigenvalue weighted by molar-refractivity contribution is 5.45. The van der Waals surface area contributed by atoms with Gasteiger partial charge in [-0.05, 0) is 55.3 Å². The van der Waals surface area contributed by atoms with Gasteiger partial charge in [0.25, 0.3) is 0 Å². The summed E-state index contributed by atoms with van der Waals surface area (Å²) >= 11 is 0. The Morgan fingerprint density at radius 1 is 1.00 bits per heavy atom. The molecule has 2 aliphatic rings. The molecule has 0 N–H and O–H groups in total. The van der Waals surface area contributed by atoms with E-state index in [-0.39, 0.29) is 0 Å². The number of hydrogen-bond acceptors (Lipinski definition) is 2. The molecule has 0 unspecified atom stereocenters. The third kappa shape index (κ3) is 2.14. The molecule has 0 bridgehead atoms. The van der Waals surface area contributed by atoms with Crippen LogP contribution in [0.25, 0.3) is 0 Å². The lowest BCUT2D eigenvalue weighted by molar-refractivity contribution is 0.265. The maximum atomic E-state index is 5.30. The van der Waals surface area contributed by atoms with E-state index >= 15 is 0 Å². The average Bonchev–Trinajstić information content (AvgIpc) is 2.96. The molecule has 1 saturated heterocycles. The van der Waals surface area contributed by atoms with Crippen molar-refractivity contribution < 1.29 is 4.74 Å². The zero-order chi connectivity index (χ0) is 15.1. The summed E-state index contributed by atoms with van der Waals surface area (Å²) in [7, 11) is 4.01. The minimum Gasteiger partial charge on any atom is -0.497 e. The number of ether oxygens (including phenoxy) is 1. The molecule has 1 aliphatic carbocycles. The number of methoxy groups -OCH3 is 1. The third-order valence-corrected chi connectivity index (χ3v) is 5.59. The quantitative estimate of drug-likeness (QED) is 0.829. The maximum absolute atomic E-state index is 5.30. The molecule has 2 aromatic carbocycles. The van der Waals surface area contributed by atoms with E-state index in [4.69, 9.17) is 4.74 Å². The maximum Gasteiger partial charge on any atom is 0.118 e. The van der Waals surface area contributed by atoms with E-state index in [9.17, 15) is 0 Å². The molecule has 22 heavy (non-hydrogen) atoms. The van der Waals surface area contributed by atoms with E-state index in [0.717, 1.165) is 11.7 Å². The fourth-order valence-corrected chi connectivity index (χ4v) is 4.40. The fourth-order valence-electron chi connectivity index (χ4n) is 4.40. The Hall–Kier alpha value is -1.80. The van der Waals surface area contributed by atoms with Crippen molar-refractivity contribution in [3.8, 4) is 5.75 Å². The van der Waals surface area contributed by atoms with Gasteiger partial charge in [0.1, 0.15) is 5.75 Å². The SMILES string of the molecule is COc1ccc([C@@H]2C[C@H]3[C@H](CCN3C)c3ccccc32)cc1. The zero-order valence-corrected chi connectivity index (χ0v) is 13.3. The highest BCUT2D eigenvalue weighted by Gasteiger charge is 2.40. The number of fused-ring (bicyclic) bond motifs is 3. The summed E-state index contributed by atoms with van der Waals surface area (Å²) in [6.45, 7) is 1.22. The van der Waals surface area contributed by atoms with Gasteiger partial charge in [-0.3, -0.25) is 0 Å².